The Hall–Kier alpha value is -2.97. The molecule has 29 heavy (non-hydrogen) atoms. The molecule has 1 N–H and O–H groups in total. The lowest BCUT2D eigenvalue weighted by molar-refractivity contribution is -0.0779. The molecule has 2 aromatic carbocycles. The van der Waals surface area contributed by atoms with Gasteiger partial charge in [0.05, 0.1) is 32.5 Å². The highest BCUT2D eigenvalue weighted by Gasteiger charge is 2.62. The molecule has 0 aliphatic carbocycles. The van der Waals surface area contributed by atoms with Crippen LogP contribution >= 0.6 is 0 Å². The zero-order valence-electron chi connectivity index (χ0n) is 16.1. The van der Waals surface area contributed by atoms with Crippen molar-refractivity contribution in [2.24, 2.45) is 0 Å². The van der Waals surface area contributed by atoms with Gasteiger partial charge < -0.3 is 24.1 Å². The second kappa shape index (κ2) is 5.55. The van der Waals surface area contributed by atoms with Crippen LogP contribution in [0.1, 0.15) is 33.1 Å². The summed E-state index contributed by atoms with van der Waals surface area (Å²) in [4.78, 5) is 16.9. The number of aliphatic hydroxyl groups is 1. The van der Waals surface area contributed by atoms with Crippen LogP contribution in [0.15, 0.2) is 24.3 Å². The van der Waals surface area contributed by atoms with Crippen LogP contribution in [0.2, 0.25) is 0 Å². The highest BCUT2D eigenvalue weighted by atomic mass is 16.7. The number of benzene rings is 2. The molecule has 1 fully saturated rings. The molecule has 2 atom stereocenters. The fourth-order valence-corrected chi connectivity index (χ4v) is 5.14. The van der Waals surface area contributed by atoms with Gasteiger partial charge in [-0.15, -0.1) is 0 Å². The minimum absolute atomic E-state index is 0.196. The molecular weight excluding hydrogens is 376 g/mol. The lowest BCUT2D eigenvalue weighted by Crippen LogP contribution is -2.43. The fourth-order valence-electron chi connectivity index (χ4n) is 5.14. The summed E-state index contributed by atoms with van der Waals surface area (Å²) in [6.07, 6.45) is 0.819. The van der Waals surface area contributed by atoms with E-state index >= 15 is 0 Å². The summed E-state index contributed by atoms with van der Waals surface area (Å²) in [6, 6.07) is 6.91. The number of hydrogen-bond donors (Lipinski definition) is 1. The maximum atomic E-state index is 13.2. The van der Waals surface area contributed by atoms with Crippen LogP contribution in [0, 0.1) is 0 Å². The van der Waals surface area contributed by atoms with Crippen LogP contribution < -0.4 is 18.9 Å². The van der Waals surface area contributed by atoms with Gasteiger partial charge in [0.25, 0.3) is 5.91 Å². The third-order valence-electron chi connectivity index (χ3n) is 6.47. The van der Waals surface area contributed by atoms with Gasteiger partial charge in [0.2, 0.25) is 6.79 Å². The zero-order chi connectivity index (χ0) is 19.9. The summed E-state index contributed by atoms with van der Waals surface area (Å²) < 4.78 is 21.9. The molecule has 1 amide bonds. The number of nitrogens with zero attached hydrogens (tertiary/aromatic N) is 2. The lowest BCUT2D eigenvalue weighted by atomic mass is 9.84. The van der Waals surface area contributed by atoms with E-state index in [1.807, 2.05) is 12.1 Å². The topological polar surface area (TPSA) is 80.7 Å². The van der Waals surface area contributed by atoms with Gasteiger partial charge >= 0.3 is 0 Å². The molecular formula is C21H20N2O6. The lowest BCUT2D eigenvalue weighted by Gasteiger charge is -2.37. The van der Waals surface area contributed by atoms with Crippen molar-refractivity contribution in [3.05, 3.63) is 46.5 Å². The number of hydrogen-bond acceptors (Lipinski definition) is 7. The van der Waals surface area contributed by atoms with Crippen LogP contribution in [0.25, 0.3) is 0 Å². The summed E-state index contributed by atoms with van der Waals surface area (Å²) in [7, 11) is 3.07. The van der Waals surface area contributed by atoms with E-state index in [0.717, 1.165) is 29.8 Å². The second-order valence-electron chi connectivity index (χ2n) is 7.72. The molecule has 1 saturated heterocycles. The van der Waals surface area contributed by atoms with E-state index in [0.29, 0.717) is 35.0 Å². The van der Waals surface area contributed by atoms with Crippen molar-refractivity contribution in [3.63, 3.8) is 0 Å². The molecule has 0 radical (unpaired) electrons. The quantitative estimate of drug-likeness (QED) is 0.826. The summed E-state index contributed by atoms with van der Waals surface area (Å²) in [5, 5.41) is 12.0. The molecule has 8 nitrogen and oxygen atoms in total. The smallest absolute Gasteiger partial charge is 0.258 e. The van der Waals surface area contributed by atoms with Crippen LogP contribution in [0.3, 0.4) is 0 Å². The first-order chi connectivity index (χ1) is 14.1. The molecule has 2 unspecified atom stereocenters. The highest BCUT2D eigenvalue weighted by Crippen LogP contribution is 2.57. The third kappa shape index (κ3) is 1.97. The van der Waals surface area contributed by atoms with Gasteiger partial charge in [-0.3, -0.25) is 14.6 Å². The minimum Gasteiger partial charge on any atom is -0.493 e. The van der Waals surface area contributed by atoms with Crippen molar-refractivity contribution < 1.29 is 28.8 Å². The Morgan fingerprint density at radius 3 is 2.59 bits per heavy atom. The molecule has 0 saturated carbocycles. The Kier molecular flexibility index (Phi) is 3.24. The van der Waals surface area contributed by atoms with Crippen LogP contribution in [-0.4, -0.2) is 55.0 Å². The first-order valence-electron chi connectivity index (χ1n) is 9.53. The molecule has 0 aromatic heterocycles. The van der Waals surface area contributed by atoms with Crippen molar-refractivity contribution in [3.8, 4) is 23.0 Å². The monoisotopic (exact) mass is 396 g/mol. The Balaban J connectivity index is 1.56. The van der Waals surface area contributed by atoms with Gasteiger partial charge in [-0.05, 0) is 41.8 Å². The van der Waals surface area contributed by atoms with Gasteiger partial charge in [0.15, 0.2) is 28.7 Å². The van der Waals surface area contributed by atoms with Gasteiger partial charge in [0, 0.05) is 12.1 Å². The fraction of sp³-hybridized carbons (Fsp3) is 0.381. The molecule has 6 rings (SSSR count). The van der Waals surface area contributed by atoms with E-state index in [-0.39, 0.29) is 12.7 Å². The van der Waals surface area contributed by atoms with Crippen LogP contribution in [0.5, 0.6) is 23.0 Å². The molecule has 4 heterocycles. The molecule has 0 bridgehead atoms. The Morgan fingerprint density at radius 1 is 1.10 bits per heavy atom. The number of carbonyl (C=O) groups excluding carboxylic acids is 1. The van der Waals surface area contributed by atoms with E-state index < -0.39 is 11.8 Å². The summed E-state index contributed by atoms with van der Waals surface area (Å²) in [5.74, 6) is 2.14. The first-order valence-corrected chi connectivity index (χ1v) is 9.53. The number of ether oxygens (including phenoxy) is 4. The second-order valence-corrected chi connectivity index (χ2v) is 7.72. The standard InChI is InChI=1S/C21H20N2O6/c1-26-15-7-13-14(8-16(15)27-2)21(25)19-12-6-18-17(28-10-29-18)5-11(12)3-4-22(19)9-23(21)20(13)24/h5-8,19,25H,3-4,9-10H2,1-2H3. The largest absolute Gasteiger partial charge is 0.493 e. The van der Waals surface area contributed by atoms with Gasteiger partial charge in [-0.1, -0.05) is 0 Å². The van der Waals surface area contributed by atoms with Gasteiger partial charge in [-0.2, -0.15) is 0 Å². The van der Waals surface area contributed by atoms with E-state index in [1.54, 1.807) is 24.1 Å². The number of amides is 1. The van der Waals surface area contributed by atoms with Crippen molar-refractivity contribution in [1.82, 2.24) is 9.80 Å². The van der Waals surface area contributed by atoms with E-state index in [2.05, 4.69) is 4.90 Å². The minimum atomic E-state index is -1.49. The molecule has 2 aromatic rings. The van der Waals surface area contributed by atoms with E-state index in [1.165, 1.54) is 7.11 Å². The first kappa shape index (κ1) is 16.9. The number of rotatable bonds is 2. The zero-order valence-corrected chi connectivity index (χ0v) is 16.1. The van der Waals surface area contributed by atoms with Crippen LogP contribution in [-0.2, 0) is 12.1 Å². The average molecular weight is 396 g/mol. The Labute approximate surface area is 167 Å². The van der Waals surface area contributed by atoms with E-state index in [4.69, 9.17) is 18.9 Å². The molecule has 8 heteroatoms. The SMILES string of the molecule is COc1cc2c(cc1OC)C1(O)C3c4cc5c(cc4CCN3CN1C2=O)OCO5. The molecule has 150 valence electrons. The molecule has 0 spiro atoms. The average Bonchev–Trinajstić information content (AvgIpc) is 3.37. The number of methoxy groups -OCH3 is 2. The van der Waals surface area contributed by atoms with Gasteiger partial charge in [-0.25, -0.2) is 0 Å². The predicted molar refractivity (Wildman–Crippen MR) is 100 cm³/mol. The highest BCUT2D eigenvalue weighted by molar-refractivity contribution is 6.01. The van der Waals surface area contributed by atoms with Crippen molar-refractivity contribution in [2.45, 2.75) is 18.2 Å². The predicted octanol–water partition coefficient (Wildman–Crippen LogP) is 1.60. The van der Waals surface area contributed by atoms with Crippen molar-refractivity contribution in [1.29, 1.82) is 0 Å². The third-order valence-corrected chi connectivity index (χ3v) is 6.47. The van der Waals surface area contributed by atoms with Crippen LogP contribution in [0.4, 0.5) is 0 Å². The maximum Gasteiger partial charge on any atom is 0.258 e. The Bertz CT molecular complexity index is 1070. The summed E-state index contributed by atoms with van der Waals surface area (Å²) in [6.45, 7) is 1.29. The van der Waals surface area contributed by atoms with E-state index in [9.17, 15) is 9.90 Å². The maximum absolute atomic E-state index is 13.2. The molecule has 4 aliphatic heterocycles. The summed E-state index contributed by atoms with van der Waals surface area (Å²) in [5.41, 5.74) is 1.55. The number of carbonyl (C=O) groups is 1. The van der Waals surface area contributed by atoms with Gasteiger partial charge in [0.1, 0.15) is 0 Å². The van der Waals surface area contributed by atoms with Crippen molar-refractivity contribution in [2.75, 3.05) is 34.2 Å². The number of fused-ring (bicyclic) bond motifs is 8. The van der Waals surface area contributed by atoms with Crippen molar-refractivity contribution >= 4 is 5.91 Å². The summed E-state index contributed by atoms with van der Waals surface area (Å²) >= 11 is 0. The molecule has 4 aliphatic rings. The Morgan fingerprint density at radius 2 is 1.83 bits per heavy atom. The normalized spacial score (nSPS) is 26.1.